The lowest BCUT2D eigenvalue weighted by atomic mass is 10.2. The van der Waals surface area contributed by atoms with Crippen LogP contribution in [0.2, 0.25) is 0 Å². The Hall–Kier alpha value is -0.950. The van der Waals surface area contributed by atoms with Crippen molar-refractivity contribution < 1.29 is 19.7 Å². The standard InChI is InChI=1S/C11H17NO4S/c1-16-7-9(2-4-13)12-6-8-3-5-17-10(8)11(14)15/h3,5,9,12-13H,2,4,6-7H2,1H3,(H,14,15). The topological polar surface area (TPSA) is 78.8 Å². The summed E-state index contributed by atoms with van der Waals surface area (Å²) in [5, 5.41) is 22.8. The van der Waals surface area contributed by atoms with Crippen LogP contribution in [0.1, 0.15) is 21.7 Å². The molecule has 6 heteroatoms. The van der Waals surface area contributed by atoms with Crippen molar-refractivity contribution in [3.63, 3.8) is 0 Å². The van der Waals surface area contributed by atoms with E-state index in [2.05, 4.69) is 5.32 Å². The van der Waals surface area contributed by atoms with Crippen molar-refractivity contribution in [3.05, 3.63) is 21.9 Å². The number of rotatable bonds is 8. The summed E-state index contributed by atoms with van der Waals surface area (Å²) < 4.78 is 5.02. The highest BCUT2D eigenvalue weighted by molar-refractivity contribution is 7.12. The molecule has 0 bridgehead atoms. The van der Waals surface area contributed by atoms with Gasteiger partial charge in [-0.2, -0.15) is 0 Å². The molecule has 0 aliphatic heterocycles. The number of carboxylic acids is 1. The maximum atomic E-state index is 10.9. The zero-order chi connectivity index (χ0) is 12.7. The van der Waals surface area contributed by atoms with Gasteiger partial charge in [0.05, 0.1) is 6.61 Å². The molecule has 0 aliphatic rings. The second kappa shape index (κ2) is 7.39. The molecule has 96 valence electrons. The summed E-state index contributed by atoms with van der Waals surface area (Å²) in [7, 11) is 1.60. The van der Waals surface area contributed by atoms with E-state index in [0.717, 1.165) is 5.56 Å². The number of aliphatic hydroxyl groups is 1. The maximum absolute atomic E-state index is 10.9. The molecule has 0 fully saturated rings. The van der Waals surface area contributed by atoms with Crippen molar-refractivity contribution in [1.29, 1.82) is 0 Å². The number of carboxylic acid groups (broad SMARTS) is 1. The van der Waals surface area contributed by atoms with Gasteiger partial charge in [0.1, 0.15) is 4.88 Å². The molecule has 3 N–H and O–H groups in total. The lowest BCUT2D eigenvalue weighted by Gasteiger charge is -2.16. The molecule has 1 heterocycles. The van der Waals surface area contributed by atoms with E-state index in [1.807, 2.05) is 0 Å². The highest BCUT2D eigenvalue weighted by Crippen LogP contribution is 2.16. The van der Waals surface area contributed by atoms with Gasteiger partial charge in [-0.25, -0.2) is 4.79 Å². The zero-order valence-corrected chi connectivity index (χ0v) is 10.5. The highest BCUT2D eigenvalue weighted by atomic mass is 32.1. The monoisotopic (exact) mass is 259 g/mol. The molecule has 5 nitrogen and oxygen atoms in total. The first-order chi connectivity index (χ1) is 8.19. The van der Waals surface area contributed by atoms with Gasteiger partial charge in [0, 0.05) is 26.3 Å². The van der Waals surface area contributed by atoms with Crippen LogP contribution in [-0.2, 0) is 11.3 Å². The molecule has 1 aromatic heterocycles. The fraction of sp³-hybridized carbons (Fsp3) is 0.545. The quantitative estimate of drug-likeness (QED) is 0.647. The molecule has 1 aromatic rings. The Bertz CT molecular complexity index is 347. The van der Waals surface area contributed by atoms with E-state index in [0.29, 0.717) is 24.4 Å². The van der Waals surface area contributed by atoms with E-state index >= 15 is 0 Å². The van der Waals surface area contributed by atoms with Crippen LogP contribution < -0.4 is 5.32 Å². The van der Waals surface area contributed by atoms with Crippen molar-refractivity contribution in [1.82, 2.24) is 5.32 Å². The summed E-state index contributed by atoms with van der Waals surface area (Å²) in [4.78, 5) is 11.3. The summed E-state index contributed by atoms with van der Waals surface area (Å²) in [5.74, 6) is -0.901. The summed E-state index contributed by atoms with van der Waals surface area (Å²) in [5.41, 5.74) is 0.765. The SMILES string of the molecule is COCC(CCO)NCc1ccsc1C(=O)O. The van der Waals surface area contributed by atoms with Crippen LogP contribution in [0.4, 0.5) is 0 Å². The van der Waals surface area contributed by atoms with E-state index < -0.39 is 5.97 Å². The normalized spacial score (nSPS) is 12.6. The van der Waals surface area contributed by atoms with Crippen molar-refractivity contribution in [2.45, 2.75) is 19.0 Å². The Balaban J connectivity index is 2.52. The zero-order valence-electron chi connectivity index (χ0n) is 9.68. The molecule has 0 aliphatic carbocycles. The van der Waals surface area contributed by atoms with Gasteiger partial charge in [0.15, 0.2) is 0 Å². The van der Waals surface area contributed by atoms with Gasteiger partial charge in [0.2, 0.25) is 0 Å². The summed E-state index contributed by atoms with van der Waals surface area (Å²) in [6, 6.07) is 1.83. The Morgan fingerprint density at radius 3 is 3.00 bits per heavy atom. The number of ether oxygens (including phenoxy) is 1. The lowest BCUT2D eigenvalue weighted by Crippen LogP contribution is -2.33. The van der Waals surface area contributed by atoms with Crippen LogP contribution in [0.5, 0.6) is 0 Å². The van der Waals surface area contributed by atoms with E-state index in [-0.39, 0.29) is 12.6 Å². The fourth-order valence-corrected chi connectivity index (χ4v) is 2.28. The number of hydrogen-bond acceptors (Lipinski definition) is 5. The summed E-state index contributed by atoms with van der Waals surface area (Å²) in [6.45, 7) is 1.04. The van der Waals surface area contributed by atoms with E-state index in [4.69, 9.17) is 14.9 Å². The van der Waals surface area contributed by atoms with Crippen molar-refractivity contribution in [2.75, 3.05) is 20.3 Å². The third kappa shape index (κ3) is 4.43. The number of thiophene rings is 1. The molecule has 0 amide bonds. The summed E-state index contributed by atoms with van der Waals surface area (Å²) in [6.07, 6.45) is 0.584. The molecule has 0 aromatic carbocycles. The van der Waals surface area contributed by atoms with Crippen LogP contribution in [0.25, 0.3) is 0 Å². The number of carbonyl (C=O) groups is 1. The minimum absolute atomic E-state index is 0.0338. The Morgan fingerprint density at radius 1 is 1.65 bits per heavy atom. The van der Waals surface area contributed by atoms with Crippen LogP contribution >= 0.6 is 11.3 Å². The van der Waals surface area contributed by atoms with E-state index in [1.165, 1.54) is 11.3 Å². The van der Waals surface area contributed by atoms with Gasteiger partial charge >= 0.3 is 5.97 Å². The molecule has 1 rings (SSSR count). The molecule has 0 saturated heterocycles. The van der Waals surface area contributed by atoms with Gasteiger partial charge in [-0.15, -0.1) is 11.3 Å². The first kappa shape index (κ1) is 14.1. The first-order valence-electron chi connectivity index (χ1n) is 5.31. The first-order valence-corrected chi connectivity index (χ1v) is 6.19. The molecular formula is C11H17NO4S. The molecule has 1 unspecified atom stereocenters. The maximum Gasteiger partial charge on any atom is 0.346 e. The number of nitrogens with one attached hydrogen (secondary N) is 1. The summed E-state index contributed by atoms with van der Waals surface area (Å²) >= 11 is 1.22. The lowest BCUT2D eigenvalue weighted by molar-refractivity contribution is 0.0700. The second-order valence-corrected chi connectivity index (χ2v) is 4.54. The largest absolute Gasteiger partial charge is 0.477 e. The predicted molar refractivity (Wildman–Crippen MR) is 65.5 cm³/mol. The Labute approximate surface area is 104 Å². The van der Waals surface area contributed by atoms with Crippen LogP contribution in [0.3, 0.4) is 0 Å². The molecule has 0 radical (unpaired) electrons. The predicted octanol–water partition coefficient (Wildman–Crippen LogP) is 0.933. The third-order valence-electron chi connectivity index (χ3n) is 2.37. The average Bonchev–Trinajstić information content (AvgIpc) is 2.74. The second-order valence-electron chi connectivity index (χ2n) is 3.63. The number of hydrogen-bond donors (Lipinski definition) is 3. The third-order valence-corrected chi connectivity index (χ3v) is 3.31. The van der Waals surface area contributed by atoms with Gasteiger partial charge in [0.25, 0.3) is 0 Å². The van der Waals surface area contributed by atoms with E-state index in [9.17, 15) is 4.79 Å². The van der Waals surface area contributed by atoms with Gasteiger partial charge < -0.3 is 20.3 Å². The minimum Gasteiger partial charge on any atom is -0.477 e. The van der Waals surface area contributed by atoms with Crippen LogP contribution in [0.15, 0.2) is 11.4 Å². The molecular weight excluding hydrogens is 242 g/mol. The number of aliphatic hydroxyl groups excluding tert-OH is 1. The average molecular weight is 259 g/mol. The highest BCUT2D eigenvalue weighted by Gasteiger charge is 2.13. The van der Waals surface area contributed by atoms with Crippen LogP contribution in [-0.4, -0.2) is 42.5 Å². The fourth-order valence-electron chi connectivity index (χ4n) is 1.52. The van der Waals surface area contributed by atoms with Gasteiger partial charge in [-0.3, -0.25) is 0 Å². The van der Waals surface area contributed by atoms with Gasteiger partial charge in [-0.05, 0) is 23.4 Å². The minimum atomic E-state index is -0.901. The Kier molecular flexibility index (Phi) is 6.13. The van der Waals surface area contributed by atoms with E-state index in [1.54, 1.807) is 18.6 Å². The smallest absolute Gasteiger partial charge is 0.346 e. The number of methoxy groups -OCH3 is 1. The molecule has 0 spiro atoms. The Morgan fingerprint density at radius 2 is 2.41 bits per heavy atom. The van der Waals surface area contributed by atoms with Gasteiger partial charge in [-0.1, -0.05) is 0 Å². The molecule has 1 atom stereocenters. The molecule has 0 saturated carbocycles. The van der Waals surface area contributed by atoms with Crippen molar-refractivity contribution >= 4 is 17.3 Å². The van der Waals surface area contributed by atoms with Crippen molar-refractivity contribution in [3.8, 4) is 0 Å². The van der Waals surface area contributed by atoms with Crippen LogP contribution in [0, 0.1) is 0 Å². The van der Waals surface area contributed by atoms with Crippen molar-refractivity contribution in [2.24, 2.45) is 0 Å². The molecule has 17 heavy (non-hydrogen) atoms. The number of aromatic carboxylic acids is 1.